The monoisotopic (exact) mass is 241 g/mol. The van der Waals surface area contributed by atoms with Gasteiger partial charge in [0.25, 0.3) is 0 Å². The number of hydrogen-bond donors (Lipinski definition) is 2. The third-order valence-corrected chi connectivity index (χ3v) is 4.28. The Labute approximate surface area is 101 Å². The Morgan fingerprint density at radius 1 is 1.50 bits per heavy atom. The molecule has 0 aromatic carbocycles. The summed E-state index contributed by atoms with van der Waals surface area (Å²) in [4.78, 5) is 11.9. The van der Waals surface area contributed by atoms with E-state index in [4.69, 9.17) is 0 Å². The third-order valence-electron chi connectivity index (χ3n) is 3.14. The second-order valence-corrected chi connectivity index (χ2v) is 5.58. The highest BCUT2D eigenvalue weighted by molar-refractivity contribution is 8.14. The molecule has 2 rings (SSSR count). The molecule has 1 atom stereocenters. The number of carbonyl (C=O) groups is 1. The molecule has 4 nitrogen and oxygen atoms in total. The molecule has 1 saturated carbocycles. The van der Waals surface area contributed by atoms with E-state index in [0.29, 0.717) is 5.37 Å². The van der Waals surface area contributed by atoms with Crippen LogP contribution in [-0.2, 0) is 4.79 Å². The van der Waals surface area contributed by atoms with Crippen LogP contribution in [0.25, 0.3) is 0 Å². The van der Waals surface area contributed by atoms with Crippen molar-refractivity contribution in [1.82, 2.24) is 10.7 Å². The van der Waals surface area contributed by atoms with Crippen molar-refractivity contribution in [2.75, 3.05) is 0 Å². The van der Waals surface area contributed by atoms with Crippen LogP contribution in [-0.4, -0.2) is 16.4 Å². The quantitative estimate of drug-likeness (QED) is 0.777. The Morgan fingerprint density at radius 3 is 2.88 bits per heavy atom. The maximum atomic E-state index is 11.9. The first-order chi connectivity index (χ1) is 7.79. The minimum absolute atomic E-state index is 0.157. The predicted octanol–water partition coefficient (Wildman–Crippen LogP) is 2.03. The fourth-order valence-electron chi connectivity index (χ4n) is 2.12. The average Bonchev–Trinajstić information content (AvgIpc) is 2.78. The van der Waals surface area contributed by atoms with Crippen LogP contribution in [0, 0.1) is 5.92 Å². The number of rotatable bonds is 2. The summed E-state index contributed by atoms with van der Waals surface area (Å²) in [6.07, 6.45) is 6.74. The average molecular weight is 241 g/mol. The van der Waals surface area contributed by atoms with E-state index in [2.05, 4.69) is 22.8 Å². The van der Waals surface area contributed by atoms with Gasteiger partial charge in [-0.15, -0.1) is 0 Å². The molecule has 0 spiro atoms. The molecular weight excluding hydrogens is 222 g/mol. The van der Waals surface area contributed by atoms with Gasteiger partial charge in [-0.25, -0.2) is 0 Å². The van der Waals surface area contributed by atoms with Gasteiger partial charge in [0, 0.05) is 5.92 Å². The molecule has 0 bridgehead atoms. The van der Waals surface area contributed by atoms with Gasteiger partial charge in [-0.3, -0.25) is 10.2 Å². The van der Waals surface area contributed by atoms with Crippen molar-refractivity contribution in [2.45, 2.75) is 50.8 Å². The molecule has 0 aromatic rings. The summed E-state index contributed by atoms with van der Waals surface area (Å²) < 4.78 is 0. The van der Waals surface area contributed by atoms with Gasteiger partial charge in [0.05, 0.1) is 5.37 Å². The number of hydrogen-bond acceptors (Lipinski definition) is 4. The van der Waals surface area contributed by atoms with E-state index in [-0.39, 0.29) is 11.8 Å². The summed E-state index contributed by atoms with van der Waals surface area (Å²) in [5, 5.41) is 8.10. The largest absolute Gasteiger partial charge is 0.303 e. The number of amidine groups is 1. The topological polar surface area (TPSA) is 53.5 Å². The van der Waals surface area contributed by atoms with Crippen molar-refractivity contribution < 1.29 is 4.79 Å². The number of nitrogens with zero attached hydrogens (tertiary/aromatic N) is 1. The van der Waals surface area contributed by atoms with Crippen molar-refractivity contribution in [2.24, 2.45) is 11.0 Å². The molecule has 1 amide bonds. The van der Waals surface area contributed by atoms with Crippen molar-refractivity contribution in [1.29, 1.82) is 0 Å². The highest BCUT2D eigenvalue weighted by atomic mass is 32.2. The Balaban J connectivity index is 1.79. The Bertz CT molecular complexity index is 287. The van der Waals surface area contributed by atoms with Crippen molar-refractivity contribution in [3.63, 3.8) is 0 Å². The number of amides is 1. The maximum Gasteiger partial charge on any atom is 0.229 e. The van der Waals surface area contributed by atoms with E-state index in [0.717, 1.165) is 24.4 Å². The molecule has 1 unspecified atom stereocenters. The highest BCUT2D eigenvalue weighted by Crippen LogP contribution is 2.24. The van der Waals surface area contributed by atoms with E-state index >= 15 is 0 Å². The van der Waals surface area contributed by atoms with Crippen LogP contribution >= 0.6 is 11.8 Å². The lowest BCUT2D eigenvalue weighted by Crippen LogP contribution is -2.34. The van der Waals surface area contributed by atoms with Crippen LogP contribution in [0.1, 0.15) is 45.4 Å². The van der Waals surface area contributed by atoms with E-state index in [1.54, 1.807) is 11.8 Å². The van der Waals surface area contributed by atoms with Crippen LogP contribution in [0.3, 0.4) is 0 Å². The second kappa shape index (κ2) is 5.57. The summed E-state index contributed by atoms with van der Waals surface area (Å²) in [5.41, 5.74) is 3.00. The number of hydrazone groups is 1. The van der Waals surface area contributed by atoms with E-state index < -0.39 is 0 Å². The van der Waals surface area contributed by atoms with Crippen LogP contribution in [0.4, 0.5) is 0 Å². The van der Waals surface area contributed by atoms with Gasteiger partial charge < -0.3 is 5.32 Å². The second-order valence-electron chi connectivity index (χ2n) is 4.38. The number of thioether (sulfide) groups is 1. The lowest BCUT2D eigenvalue weighted by atomic mass is 9.89. The molecule has 1 fully saturated rings. The minimum Gasteiger partial charge on any atom is -0.303 e. The first kappa shape index (κ1) is 11.8. The van der Waals surface area contributed by atoms with Gasteiger partial charge in [-0.1, -0.05) is 37.9 Å². The van der Waals surface area contributed by atoms with Crippen molar-refractivity contribution in [3.8, 4) is 0 Å². The lowest BCUT2D eigenvalue weighted by Gasteiger charge is -2.20. The minimum atomic E-state index is 0.157. The smallest absolute Gasteiger partial charge is 0.229 e. The van der Waals surface area contributed by atoms with Gasteiger partial charge in [-0.2, -0.15) is 5.10 Å². The normalized spacial score (nSPS) is 26.1. The Kier molecular flexibility index (Phi) is 4.09. The van der Waals surface area contributed by atoms with Gasteiger partial charge >= 0.3 is 0 Å². The zero-order valence-electron chi connectivity index (χ0n) is 9.66. The fourth-order valence-corrected chi connectivity index (χ4v) is 2.93. The first-order valence-electron chi connectivity index (χ1n) is 6.10. The molecule has 16 heavy (non-hydrogen) atoms. The van der Waals surface area contributed by atoms with Gasteiger partial charge in [-0.05, 0) is 19.3 Å². The molecule has 90 valence electrons. The van der Waals surface area contributed by atoms with Crippen LogP contribution < -0.4 is 10.7 Å². The highest BCUT2D eigenvalue weighted by Gasteiger charge is 2.24. The zero-order valence-corrected chi connectivity index (χ0v) is 10.5. The molecule has 1 aliphatic carbocycles. The molecule has 0 radical (unpaired) electrons. The fraction of sp³-hybridized carbons (Fsp3) is 0.818. The van der Waals surface area contributed by atoms with Crippen LogP contribution in [0.2, 0.25) is 0 Å². The van der Waals surface area contributed by atoms with Gasteiger partial charge in [0.1, 0.15) is 0 Å². The molecule has 2 N–H and O–H groups in total. The summed E-state index contributed by atoms with van der Waals surface area (Å²) in [5.74, 6) is 0.363. The molecule has 0 saturated heterocycles. The zero-order chi connectivity index (χ0) is 11.4. The predicted molar refractivity (Wildman–Crippen MR) is 67.0 cm³/mol. The number of carbonyl (C=O) groups excluding carboxylic acids is 1. The summed E-state index contributed by atoms with van der Waals surface area (Å²) in [7, 11) is 0. The first-order valence-corrected chi connectivity index (χ1v) is 6.98. The molecule has 5 heteroatoms. The lowest BCUT2D eigenvalue weighted by molar-refractivity contribution is -0.124. The summed E-state index contributed by atoms with van der Waals surface area (Å²) in [6, 6.07) is 0. The third kappa shape index (κ3) is 2.90. The standard InChI is InChI=1S/C11H19N3OS/c1-2-9-13-14-11(16-9)12-10(15)8-6-4-3-5-7-8/h8-9,13H,2-7H2,1H3,(H,12,14,15). The van der Waals surface area contributed by atoms with E-state index in [9.17, 15) is 4.79 Å². The SMILES string of the molecule is CCC1NN=C(NC(=O)C2CCCCC2)S1. The van der Waals surface area contributed by atoms with Gasteiger partial charge in [0.15, 0.2) is 5.17 Å². The maximum absolute atomic E-state index is 11.9. The van der Waals surface area contributed by atoms with Crippen LogP contribution in [0.5, 0.6) is 0 Å². The molecule has 1 aliphatic heterocycles. The molecule has 0 aromatic heterocycles. The molecule has 2 aliphatic rings. The summed E-state index contributed by atoms with van der Waals surface area (Å²) >= 11 is 1.61. The van der Waals surface area contributed by atoms with E-state index in [1.165, 1.54) is 19.3 Å². The van der Waals surface area contributed by atoms with E-state index in [1.807, 2.05) is 0 Å². The van der Waals surface area contributed by atoms with Crippen LogP contribution in [0.15, 0.2) is 5.10 Å². The molecule has 1 heterocycles. The van der Waals surface area contributed by atoms with Crippen molar-refractivity contribution in [3.05, 3.63) is 0 Å². The summed E-state index contributed by atoms with van der Waals surface area (Å²) in [6.45, 7) is 2.10. The molecular formula is C11H19N3OS. The van der Waals surface area contributed by atoms with Crippen molar-refractivity contribution >= 4 is 22.8 Å². The Morgan fingerprint density at radius 2 is 2.25 bits per heavy atom. The van der Waals surface area contributed by atoms with Gasteiger partial charge in [0.2, 0.25) is 5.91 Å². The Hall–Kier alpha value is -0.710. The number of nitrogens with one attached hydrogen (secondary N) is 2.